The number of anilines is 1. The molecule has 2 fully saturated rings. The second-order valence-electron chi connectivity index (χ2n) is 9.20. The van der Waals surface area contributed by atoms with E-state index in [9.17, 15) is 9.59 Å². The highest BCUT2D eigenvalue weighted by Gasteiger charge is 2.35. The quantitative estimate of drug-likeness (QED) is 0.485. The first kappa shape index (κ1) is 23.0. The van der Waals surface area contributed by atoms with Crippen LogP contribution in [0.5, 0.6) is 0 Å². The molecule has 0 saturated carbocycles. The molecule has 2 aromatic heterocycles. The van der Waals surface area contributed by atoms with E-state index in [1.54, 1.807) is 21.6 Å². The standard InChI is InChI=1S/C24H30N4O2S2/c1-6-17(5)28-23(30)19(32-24(28)31)11-18-21(26-12-14(2)10-15(3)13-26)25-20-16(4)8-7-9-27(20)22(18)29/h7-9,11,14-15,17H,6,10,12-13H2,1-5H3/b19-11-/t14-,15-,17+/m0/s1. The molecular weight excluding hydrogens is 440 g/mol. The summed E-state index contributed by atoms with van der Waals surface area (Å²) in [6.45, 7) is 12.1. The lowest BCUT2D eigenvalue weighted by atomic mass is 9.91. The van der Waals surface area contributed by atoms with Crippen molar-refractivity contribution >= 4 is 51.7 Å². The first-order chi connectivity index (χ1) is 15.2. The van der Waals surface area contributed by atoms with Crippen molar-refractivity contribution in [2.45, 2.75) is 53.5 Å². The predicted octanol–water partition coefficient (Wildman–Crippen LogP) is 4.48. The molecule has 2 aromatic rings. The van der Waals surface area contributed by atoms with Crippen LogP contribution >= 0.6 is 24.0 Å². The largest absolute Gasteiger partial charge is 0.355 e. The first-order valence-corrected chi connectivity index (χ1v) is 12.5. The number of amides is 1. The molecule has 2 aliphatic rings. The highest BCUT2D eigenvalue weighted by molar-refractivity contribution is 8.26. The van der Waals surface area contributed by atoms with Gasteiger partial charge in [-0.25, -0.2) is 4.98 Å². The van der Waals surface area contributed by atoms with Crippen LogP contribution in [0.4, 0.5) is 5.82 Å². The first-order valence-electron chi connectivity index (χ1n) is 11.2. The molecule has 0 radical (unpaired) electrons. The van der Waals surface area contributed by atoms with Crippen LogP contribution < -0.4 is 10.5 Å². The van der Waals surface area contributed by atoms with E-state index in [4.69, 9.17) is 17.2 Å². The lowest BCUT2D eigenvalue weighted by Crippen LogP contribution is -2.41. The lowest BCUT2D eigenvalue weighted by molar-refractivity contribution is -0.123. The van der Waals surface area contributed by atoms with Crippen LogP contribution in [-0.4, -0.2) is 43.6 Å². The molecule has 0 aliphatic carbocycles. The summed E-state index contributed by atoms with van der Waals surface area (Å²) in [4.78, 5) is 36.1. The van der Waals surface area contributed by atoms with E-state index in [2.05, 4.69) is 18.7 Å². The van der Waals surface area contributed by atoms with Gasteiger partial charge in [-0.3, -0.25) is 18.9 Å². The molecule has 2 saturated heterocycles. The minimum Gasteiger partial charge on any atom is -0.355 e. The van der Waals surface area contributed by atoms with E-state index in [0.29, 0.717) is 38.1 Å². The van der Waals surface area contributed by atoms with Gasteiger partial charge in [-0.1, -0.05) is 50.8 Å². The lowest BCUT2D eigenvalue weighted by Gasteiger charge is -2.36. The van der Waals surface area contributed by atoms with Crippen LogP contribution in [0.25, 0.3) is 11.7 Å². The number of pyridine rings is 1. The van der Waals surface area contributed by atoms with Crippen molar-refractivity contribution in [3.8, 4) is 0 Å². The van der Waals surface area contributed by atoms with Crippen LogP contribution in [0.15, 0.2) is 28.0 Å². The van der Waals surface area contributed by atoms with Gasteiger partial charge in [0.1, 0.15) is 15.8 Å². The van der Waals surface area contributed by atoms with Crippen molar-refractivity contribution in [1.82, 2.24) is 14.3 Å². The topological polar surface area (TPSA) is 57.9 Å². The van der Waals surface area contributed by atoms with Crippen LogP contribution in [0.2, 0.25) is 0 Å². The molecule has 2 aliphatic heterocycles. The average molecular weight is 471 g/mol. The minimum atomic E-state index is -0.159. The van der Waals surface area contributed by atoms with E-state index in [-0.39, 0.29) is 17.5 Å². The Bertz CT molecular complexity index is 1160. The van der Waals surface area contributed by atoms with Gasteiger partial charge in [-0.05, 0) is 56.2 Å². The van der Waals surface area contributed by atoms with Gasteiger partial charge in [0.05, 0.1) is 10.5 Å². The minimum absolute atomic E-state index is 0.0233. The number of thiocarbonyl (C=S) groups is 1. The van der Waals surface area contributed by atoms with E-state index >= 15 is 0 Å². The number of nitrogens with zero attached hydrogens (tertiary/aromatic N) is 4. The maximum atomic E-state index is 13.6. The molecule has 0 bridgehead atoms. The Kier molecular flexibility index (Phi) is 6.45. The van der Waals surface area contributed by atoms with Gasteiger partial charge in [-0.15, -0.1) is 0 Å². The Balaban J connectivity index is 1.89. The molecule has 6 nitrogen and oxygen atoms in total. The fourth-order valence-electron chi connectivity index (χ4n) is 4.68. The molecule has 3 atom stereocenters. The number of rotatable bonds is 4. The second-order valence-corrected chi connectivity index (χ2v) is 10.9. The summed E-state index contributed by atoms with van der Waals surface area (Å²) in [6.07, 6.45) is 5.43. The molecule has 170 valence electrons. The summed E-state index contributed by atoms with van der Waals surface area (Å²) >= 11 is 6.76. The molecule has 4 heterocycles. The van der Waals surface area contributed by atoms with E-state index < -0.39 is 0 Å². The van der Waals surface area contributed by atoms with E-state index in [1.807, 2.05) is 32.9 Å². The number of fused-ring (bicyclic) bond motifs is 1. The summed E-state index contributed by atoms with van der Waals surface area (Å²) < 4.78 is 2.12. The van der Waals surface area contributed by atoms with Crippen LogP contribution in [0.1, 0.15) is 51.7 Å². The Morgan fingerprint density at radius 2 is 1.97 bits per heavy atom. The molecule has 32 heavy (non-hydrogen) atoms. The average Bonchev–Trinajstić information content (AvgIpc) is 3.02. The molecule has 4 rings (SSSR count). The van der Waals surface area contributed by atoms with Crippen molar-refractivity contribution in [3.05, 3.63) is 44.7 Å². The number of aryl methyl sites for hydroxylation is 1. The fraction of sp³-hybridized carbons (Fsp3) is 0.500. The molecule has 0 unspecified atom stereocenters. The molecule has 1 amide bonds. The Morgan fingerprint density at radius 3 is 2.62 bits per heavy atom. The monoisotopic (exact) mass is 470 g/mol. The zero-order chi connectivity index (χ0) is 23.2. The predicted molar refractivity (Wildman–Crippen MR) is 136 cm³/mol. The number of piperidine rings is 1. The Hall–Kier alpha value is -2.19. The highest BCUT2D eigenvalue weighted by Crippen LogP contribution is 2.36. The third kappa shape index (κ3) is 4.10. The van der Waals surface area contributed by atoms with Gasteiger partial charge >= 0.3 is 0 Å². The van der Waals surface area contributed by atoms with Gasteiger partial charge in [0.2, 0.25) is 0 Å². The van der Waals surface area contributed by atoms with Crippen molar-refractivity contribution < 1.29 is 4.79 Å². The van der Waals surface area contributed by atoms with Crippen LogP contribution in [0.3, 0.4) is 0 Å². The van der Waals surface area contributed by atoms with Gasteiger partial charge in [0.15, 0.2) is 0 Å². The second kappa shape index (κ2) is 8.98. The summed E-state index contributed by atoms with van der Waals surface area (Å²) in [7, 11) is 0. The summed E-state index contributed by atoms with van der Waals surface area (Å²) in [5.41, 5.74) is 1.90. The number of aromatic nitrogens is 2. The van der Waals surface area contributed by atoms with Crippen LogP contribution in [-0.2, 0) is 4.79 Å². The maximum absolute atomic E-state index is 13.6. The van der Waals surface area contributed by atoms with Gasteiger partial charge in [0, 0.05) is 25.3 Å². The van der Waals surface area contributed by atoms with Crippen molar-refractivity contribution in [1.29, 1.82) is 0 Å². The van der Waals surface area contributed by atoms with Gasteiger partial charge < -0.3 is 4.90 Å². The number of thioether (sulfide) groups is 1. The Labute approximate surface area is 198 Å². The zero-order valence-corrected chi connectivity index (χ0v) is 20.9. The normalized spacial score (nSPS) is 24.1. The summed E-state index contributed by atoms with van der Waals surface area (Å²) in [5.74, 6) is 1.55. The van der Waals surface area contributed by atoms with Crippen molar-refractivity contribution in [3.63, 3.8) is 0 Å². The zero-order valence-electron chi connectivity index (χ0n) is 19.3. The number of hydrogen-bond donors (Lipinski definition) is 0. The summed E-state index contributed by atoms with van der Waals surface area (Å²) in [5, 5.41) is 0. The number of carbonyl (C=O) groups excluding carboxylic acids is 1. The van der Waals surface area contributed by atoms with E-state index in [1.165, 1.54) is 11.8 Å². The van der Waals surface area contributed by atoms with Crippen molar-refractivity contribution in [2.24, 2.45) is 11.8 Å². The molecule has 0 N–H and O–H groups in total. The molecular formula is C24H30N4O2S2. The van der Waals surface area contributed by atoms with Crippen molar-refractivity contribution in [2.75, 3.05) is 18.0 Å². The smallest absolute Gasteiger partial charge is 0.267 e. The molecule has 8 heteroatoms. The Morgan fingerprint density at radius 1 is 1.28 bits per heavy atom. The third-order valence-electron chi connectivity index (χ3n) is 6.36. The fourth-order valence-corrected chi connectivity index (χ4v) is 6.12. The van der Waals surface area contributed by atoms with Gasteiger partial charge in [0.25, 0.3) is 11.5 Å². The van der Waals surface area contributed by atoms with Gasteiger partial charge in [-0.2, -0.15) is 0 Å². The molecule has 0 spiro atoms. The molecule has 0 aromatic carbocycles. The van der Waals surface area contributed by atoms with Crippen LogP contribution in [0, 0.1) is 18.8 Å². The maximum Gasteiger partial charge on any atom is 0.267 e. The third-order valence-corrected chi connectivity index (χ3v) is 7.69. The number of hydrogen-bond acceptors (Lipinski definition) is 6. The summed E-state index contributed by atoms with van der Waals surface area (Å²) in [6, 6.07) is 3.84. The number of carbonyl (C=O) groups is 1. The van der Waals surface area contributed by atoms with E-state index in [0.717, 1.165) is 31.5 Å². The SMILES string of the molecule is CC[C@@H](C)N1C(=O)/C(=C/c2c(N3C[C@@H](C)C[C@H](C)C3)nc3c(C)cccn3c2=O)SC1=S. The highest BCUT2D eigenvalue weighted by atomic mass is 32.2.